The molecule has 0 spiro atoms. The smallest absolute Gasteiger partial charge is 0.214 e. The van der Waals surface area contributed by atoms with E-state index in [2.05, 4.69) is 38.5 Å². The first kappa shape index (κ1) is 27.7. The van der Waals surface area contributed by atoms with Gasteiger partial charge in [0.15, 0.2) is 0 Å². The Morgan fingerprint density at radius 3 is 1.92 bits per heavy atom. The Bertz CT molecular complexity index is 1450. The first-order valence-corrected chi connectivity index (χ1v) is 14.6. The maximum absolute atomic E-state index is 13.6. The van der Waals surface area contributed by atoms with Gasteiger partial charge in [-0.1, -0.05) is 63.4 Å². The Morgan fingerprint density at radius 2 is 1.44 bits per heavy atom. The molecule has 0 aliphatic heterocycles. The molecule has 0 heterocycles. The van der Waals surface area contributed by atoms with Crippen LogP contribution in [-0.2, 0) is 24.4 Å². The molecule has 7 heteroatoms. The molecule has 190 valence electrons. The minimum atomic E-state index is -3.90. The van der Waals surface area contributed by atoms with E-state index in [0.29, 0.717) is 18.4 Å². The van der Waals surface area contributed by atoms with Crippen LogP contribution in [0, 0.1) is 5.41 Å². The first-order chi connectivity index (χ1) is 17.0. The molecule has 3 rings (SSSR count). The van der Waals surface area contributed by atoms with Gasteiger partial charge in [0.25, 0.3) is 0 Å². The molecular formula is C29H32O5S2. The summed E-state index contributed by atoms with van der Waals surface area (Å²) in [6, 6.07) is 16.3. The molecule has 2 aromatic carbocycles. The summed E-state index contributed by atoms with van der Waals surface area (Å²) in [7, 11) is -6.11. The van der Waals surface area contributed by atoms with E-state index in [9.17, 15) is 16.8 Å². The number of hydrogen-bond donors (Lipinski definition) is 0. The predicted molar refractivity (Wildman–Crippen MR) is 143 cm³/mol. The van der Waals surface area contributed by atoms with Crippen molar-refractivity contribution >= 4 is 19.7 Å². The van der Waals surface area contributed by atoms with Gasteiger partial charge < -0.3 is 4.74 Å². The van der Waals surface area contributed by atoms with Crippen molar-refractivity contribution in [2.75, 3.05) is 7.11 Å². The van der Waals surface area contributed by atoms with E-state index < -0.39 is 19.7 Å². The average Bonchev–Trinajstić information content (AvgIpc) is 2.86. The molecule has 0 saturated carbocycles. The van der Waals surface area contributed by atoms with Gasteiger partial charge in [0.2, 0.25) is 19.7 Å². The Hall–Kier alpha value is -2.92. The summed E-state index contributed by atoms with van der Waals surface area (Å²) in [5.74, 6) is 0. The fourth-order valence-electron chi connectivity index (χ4n) is 4.64. The van der Waals surface area contributed by atoms with Crippen molar-refractivity contribution < 1.29 is 21.6 Å². The lowest BCUT2D eigenvalue weighted by atomic mass is 9.72. The summed E-state index contributed by atoms with van der Waals surface area (Å²) in [6.45, 7) is 11.4. The van der Waals surface area contributed by atoms with Gasteiger partial charge in [-0.3, -0.25) is 0 Å². The number of hydrogen-bond acceptors (Lipinski definition) is 5. The third kappa shape index (κ3) is 5.73. The van der Waals surface area contributed by atoms with Gasteiger partial charge in [-0.2, -0.15) is 0 Å². The van der Waals surface area contributed by atoms with Gasteiger partial charge in [-0.05, 0) is 66.5 Å². The maximum Gasteiger partial charge on any atom is 0.214 e. The molecule has 0 saturated heterocycles. The van der Waals surface area contributed by atoms with Crippen LogP contribution >= 0.6 is 0 Å². The van der Waals surface area contributed by atoms with Crippen molar-refractivity contribution in [3.8, 4) is 0 Å². The second-order valence-corrected chi connectivity index (χ2v) is 13.4. The molecule has 2 aromatic rings. The van der Waals surface area contributed by atoms with Gasteiger partial charge in [-0.25, -0.2) is 16.8 Å². The van der Waals surface area contributed by atoms with Crippen molar-refractivity contribution in [1.82, 2.24) is 0 Å². The summed E-state index contributed by atoms with van der Waals surface area (Å²) in [5, 5.41) is 0. The number of allylic oxidation sites excluding steroid dienone is 2. The lowest BCUT2D eigenvalue weighted by Crippen LogP contribution is -2.32. The van der Waals surface area contributed by atoms with Crippen molar-refractivity contribution in [1.29, 1.82) is 0 Å². The van der Waals surface area contributed by atoms with E-state index in [-0.39, 0.29) is 44.0 Å². The summed E-state index contributed by atoms with van der Waals surface area (Å²) in [6.07, 6.45) is 1.11. The SMILES string of the molecule is C=C=C(CCC1=C(C(=C=C)S(=O)(=O)c2ccccc2)CC(C)(C)CC1OC)S(=O)(=O)c1ccccc1. The molecule has 0 N–H and O–H groups in total. The van der Waals surface area contributed by atoms with Crippen LogP contribution in [0.15, 0.2) is 116 Å². The minimum absolute atomic E-state index is 0.00794. The van der Waals surface area contributed by atoms with Crippen molar-refractivity contribution in [2.45, 2.75) is 55.4 Å². The van der Waals surface area contributed by atoms with Gasteiger partial charge >= 0.3 is 0 Å². The molecule has 0 fully saturated rings. The zero-order chi connectivity index (χ0) is 26.6. The van der Waals surface area contributed by atoms with Crippen molar-refractivity contribution in [3.05, 3.63) is 106 Å². The summed E-state index contributed by atoms with van der Waals surface area (Å²) < 4.78 is 59.4. The topological polar surface area (TPSA) is 77.5 Å². The zero-order valence-electron chi connectivity index (χ0n) is 21.0. The van der Waals surface area contributed by atoms with Crippen molar-refractivity contribution in [3.63, 3.8) is 0 Å². The van der Waals surface area contributed by atoms with Crippen LogP contribution in [0.3, 0.4) is 0 Å². The molecule has 1 unspecified atom stereocenters. The van der Waals surface area contributed by atoms with Crippen molar-refractivity contribution in [2.24, 2.45) is 5.41 Å². The number of sulfone groups is 2. The quantitative estimate of drug-likeness (QED) is 0.366. The Morgan fingerprint density at radius 1 is 0.917 bits per heavy atom. The molecule has 36 heavy (non-hydrogen) atoms. The normalized spacial score (nSPS) is 17.7. The van der Waals surface area contributed by atoms with E-state index in [1.165, 1.54) is 12.1 Å². The molecular weight excluding hydrogens is 492 g/mol. The summed E-state index contributed by atoms with van der Waals surface area (Å²) in [5.41, 5.74) is 6.37. The van der Waals surface area contributed by atoms with Gasteiger partial charge in [-0.15, -0.1) is 11.5 Å². The molecule has 0 radical (unpaired) electrons. The summed E-state index contributed by atoms with van der Waals surface area (Å²) >= 11 is 0. The summed E-state index contributed by atoms with van der Waals surface area (Å²) in [4.78, 5) is 0.374. The molecule has 1 aliphatic carbocycles. The monoisotopic (exact) mass is 524 g/mol. The largest absolute Gasteiger partial charge is 0.377 e. The zero-order valence-corrected chi connectivity index (χ0v) is 22.6. The third-order valence-corrected chi connectivity index (χ3v) is 10.1. The van der Waals surface area contributed by atoms with Crippen LogP contribution < -0.4 is 0 Å². The Labute approximate surface area is 215 Å². The molecule has 5 nitrogen and oxygen atoms in total. The highest BCUT2D eigenvalue weighted by atomic mass is 32.2. The highest BCUT2D eigenvalue weighted by molar-refractivity contribution is 7.95. The minimum Gasteiger partial charge on any atom is -0.377 e. The number of methoxy groups -OCH3 is 1. The van der Waals surface area contributed by atoms with E-state index >= 15 is 0 Å². The van der Waals surface area contributed by atoms with E-state index in [1.54, 1.807) is 55.6 Å². The van der Waals surface area contributed by atoms with E-state index in [0.717, 1.165) is 5.57 Å². The van der Waals surface area contributed by atoms with E-state index in [4.69, 9.17) is 4.74 Å². The van der Waals surface area contributed by atoms with Crippen LogP contribution in [0.5, 0.6) is 0 Å². The number of rotatable bonds is 9. The molecule has 1 aliphatic rings. The molecule has 0 amide bonds. The lowest BCUT2D eigenvalue weighted by Gasteiger charge is -2.38. The van der Waals surface area contributed by atoms with Crippen LogP contribution in [-0.4, -0.2) is 30.0 Å². The highest BCUT2D eigenvalue weighted by Crippen LogP contribution is 2.46. The standard InChI is InChI=1S/C29H32O5S2/c1-6-22(35(30,31)23-14-10-8-11-15-23)18-19-25-26(20-29(3,4)21-27(25)34-5)28(7-2)36(32,33)24-16-12-9-13-17-24/h8-17,27H,1-2,18-21H2,3-5H3. The van der Waals surface area contributed by atoms with Gasteiger partial charge in [0.1, 0.15) is 4.91 Å². The Balaban J connectivity index is 2.10. The Kier molecular flexibility index (Phi) is 8.45. The highest BCUT2D eigenvalue weighted by Gasteiger charge is 2.38. The average molecular weight is 525 g/mol. The van der Waals surface area contributed by atoms with Gasteiger partial charge in [0.05, 0.1) is 20.8 Å². The van der Waals surface area contributed by atoms with E-state index in [1.807, 2.05) is 0 Å². The van der Waals surface area contributed by atoms with Crippen LogP contribution in [0.4, 0.5) is 0 Å². The molecule has 1 atom stereocenters. The fraction of sp³-hybridized carbons (Fsp3) is 0.310. The number of benzene rings is 2. The number of ether oxygens (including phenoxy) is 1. The molecule has 0 bridgehead atoms. The van der Waals surface area contributed by atoms with Gasteiger partial charge in [0, 0.05) is 7.11 Å². The predicted octanol–water partition coefficient (Wildman–Crippen LogP) is 6.18. The third-order valence-electron chi connectivity index (χ3n) is 6.41. The first-order valence-electron chi connectivity index (χ1n) is 11.6. The maximum atomic E-state index is 13.6. The lowest BCUT2D eigenvalue weighted by molar-refractivity contribution is 0.0746. The fourth-order valence-corrected chi connectivity index (χ4v) is 7.47. The second-order valence-electron chi connectivity index (χ2n) is 9.51. The van der Waals surface area contributed by atoms with Crippen LogP contribution in [0.1, 0.15) is 39.5 Å². The second kappa shape index (κ2) is 11.0. The molecule has 0 aromatic heterocycles. The van der Waals surface area contributed by atoms with Crippen LogP contribution in [0.25, 0.3) is 0 Å². The van der Waals surface area contributed by atoms with Crippen LogP contribution in [0.2, 0.25) is 0 Å².